The Balaban J connectivity index is 0.00000132. The van der Waals surface area contributed by atoms with Crippen molar-refractivity contribution in [1.82, 2.24) is 25.4 Å². The molecule has 0 spiro atoms. The van der Waals surface area contributed by atoms with Gasteiger partial charge in [-0.1, -0.05) is 0 Å². The average Bonchev–Trinajstić information content (AvgIpc) is 2.74. The lowest BCUT2D eigenvalue weighted by molar-refractivity contribution is 0.0950. The van der Waals surface area contributed by atoms with Crippen LogP contribution in [0.3, 0.4) is 0 Å². The van der Waals surface area contributed by atoms with E-state index in [0.29, 0.717) is 17.9 Å². The summed E-state index contributed by atoms with van der Waals surface area (Å²) in [5.41, 5.74) is 8.10. The summed E-state index contributed by atoms with van der Waals surface area (Å²) in [5, 5.41) is 10.7. The molecule has 23 heavy (non-hydrogen) atoms. The summed E-state index contributed by atoms with van der Waals surface area (Å²) in [6, 6.07) is 5.22. The zero-order chi connectivity index (χ0) is 14.7. The summed E-state index contributed by atoms with van der Waals surface area (Å²) >= 11 is 0. The van der Waals surface area contributed by atoms with Crippen LogP contribution in [0.4, 0.5) is 5.82 Å². The third-order valence-electron chi connectivity index (χ3n) is 3.42. The van der Waals surface area contributed by atoms with E-state index in [4.69, 9.17) is 5.73 Å². The second-order valence-electron chi connectivity index (χ2n) is 5.03. The summed E-state index contributed by atoms with van der Waals surface area (Å²) in [6.07, 6.45) is 2.59. The second kappa shape index (κ2) is 8.71. The van der Waals surface area contributed by atoms with Crippen molar-refractivity contribution in [2.24, 2.45) is 0 Å². The number of aryl methyl sites for hydroxylation is 1. The monoisotopic (exact) mass is 358 g/mol. The first-order valence-electron chi connectivity index (χ1n) is 6.98. The van der Waals surface area contributed by atoms with Crippen LogP contribution >= 0.6 is 24.8 Å². The molecule has 0 atom stereocenters. The van der Waals surface area contributed by atoms with Gasteiger partial charge in [0.25, 0.3) is 5.91 Å². The molecule has 0 aliphatic carbocycles. The molecule has 2 aromatic rings. The molecule has 0 aromatic carbocycles. The molecular formula is C14H20Cl2N6O. The van der Waals surface area contributed by atoms with Gasteiger partial charge in [-0.2, -0.15) is 5.10 Å². The van der Waals surface area contributed by atoms with E-state index in [2.05, 4.69) is 20.7 Å². The van der Waals surface area contributed by atoms with Gasteiger partial charge in [-0.05, 0) is 31.2 Å². The minimum absolute atomic E-state index is 0. The van der Waals surface area contributed by atoms with Crippen molar-refractivity contribution in [3.05, 3.63) is 41.3 Å². The second-order valence-corrected chi connectivity index (χ2v) is 5.03. The average molecular weight is 359 g/mol. The number of nitrogens with two attached hydrogens (primary N) is 1. The van der Waals surface area contributed by atoms with Crippen LogP contribution in [0.1, 0.15) is 28.2 Å². The number of hydrogen-bond donors (Lipinski definition) is 3. The highest BCUT2D eigenvalue weighted by Crippen LogP contribution is 2.09. The molecule has 0 saturated heterocycles. The van der Waals surface area contributed by atoms with E-state index in [9.17, 15) is 4.79 Å². The maximum Gasteiger partial charge on any atom is 0.251 e. The summed E-state index contributed by atoms with van der Waals surface area (Å²) in [5.74, 6) is 0.160. The Hall–Kier alpha value is -1.83. The Bertz CT molecular complexity index is 637. The SMILES string of the molecule is Cl.Cl.Nc1cc(C(=O)NCc2cc3n(n2)CCCNC3)ccn1. The van der Waals surface area contributed by atoms with E-state index in [1.807, 2.05) is 10.7 Å². The van der Waals surface area contributed by atoms with Crippen LogP contribution in [0.2, 0.25) is 0 Å². The van der Waals surface area contributed by atoms with E-state index in [1.165, 1.54) is 6.20 Å². The summed E-state index contributed by atoms with van der Waals surface area (Å²) in [4.78, 5) is 15.9. The zero-order valence-electron chi connectivity index (χ0n) is 12.5. The lowest BCUT2D eigenvalue weighted by Crippen LogP contribution is -2.23. The quantitative estimate of drug-likeness (QED) is 0.763. The molecular weight excluding hydrogens is 339 g/mol. The Morgan fingerprint density at radius 2 is 2.22 bits per heavy atom. The summed E-state index contributed by atoms with van der Waals surface area (Å²) in [7, 11) is 0. The molecule has 2 aromatic heterocycles. The van der Waals surface area contributed by atoms with Crippen LogP contribution in [-0.4, -0.2) is 27.2 Å². The van der Waals surface area contributed by atoms with E-state index >= 15 is 0 Å². The first-order chi connectivity index (χ1) is 10.2. The first kappa shape index (κ1) is 19.2. The third-order valence-corrected chi connectivity index (χ3v) is 3.42. The molecule has 9 heteroatoms. The molecule has 3 rings (SSSR count). The number of pyridine rings is 1. The van der Waals surface area contributed by atoms with Crippen LogP contribution in [0.25, 0.3) is 0 Å². The molecule has 0 unspecified atom stereocenters. The Morgan fingerprint density at radius 3 is 3.00 bits per heavy atom. The van der Waals surface area contributed by atoms with Gasteiger partial charge in [0.1, 0.15) is 5.82 Å². The minimum Gasteiger partial charge on any atom is -0.384 e. The van der Waals surface area contributed by atoms with Crippen molar-refractivity contribution < 1.29 is 4.79 Å². The zero-order valence-corrected chi connectivity index (χ0v) is 14.1. The predicted molar refractivity (Wildman–Crippen MR) is 92.9 cm³/mol. The van der Waals surface area contributed by atoms with Gasteiger partial charge in [0.05, 0.1) is 17.9 Å². The maximum atomic E-state index is 12.0. The molecule has 126 valence electrons. The van der Waals surface area contributed by atoms with Gasteiger partial charge < -0.3 is 16.4 Å². The van der Waals surface area contributed by atoms with Gasteiger partial charge in [0, 0.05) is 24.8 Å². The third kappa shape index (κ3) is 4.82. The number of hydrogen-bond acceptors (Lipinski definition) is 5. The molecule has 0 bridgehead atoms. The lowest BCUT2D eigenvalue weighted by atomic mass is 10.2. The highest BCUT2D eigenvalue weighted by molar-refractivity contribution is 5.94. The summed E-state index contributed by atoms with van der Waals surface area (Å²) in [6.45, 7) is 3.15. The summed E-state index contributed by atoms with van der Waals surface area (Å²) < 4.78 is 2.01. The largest absolute Gasteiger partial charge is 0.384 e. The normalized spacial score (nSPS) is 13.0. The van der Waals surface area contributed by atoms with Gasteiger partial charge in [0.15, 0.2) is 0 Å². The molecule has 0 saturated carbocycles. The topological polar surface area (TPSA) is 97.9 Å². The number of rotatable bonds is 3. The highest BCUT2D eigenvalue weighted by Gasteiger charge is 2.12. The Labute approximate surface area is 146 Å². The van der Waals surface area contributed by atoms with Crippen molar-refractivity contribution in [3.63, 3.8) is 0 Å². The fourth-order valence-electron chi connectivity index (χ4n) is 2.37. The fraction of sp³-hybridized carbons (Fsp3) is 0.357. The Kier molecular flexibility index (Phi) is 7.28. The molecule has 0 radical (unpaired) electrons. The number of amides is 1. The number of anilines is 1. The smallest absolute Gasteiger partial charge is 0.251 e. The van der Waals surface area contributed by atoms with Crippen LogP contribution in [0.5, 0.6) is 0 Å². The predicted octanol–water partition coefficient (Wildman–Crippen LogP) is 1.13. The standard InChI is InChI=1S/C14H18N6O.2ClH/c15-13-6-10(2-4-17-13)14(21)18-8-11-7-12-9-16-3-1-5-20(12)19-11;;/h2,4,6-7,16H,1,3,5,8-9H2,(H2,15,17)(H,18,21);2*1H. The molecule has 1 aliphatic rings. The van der Waals surface area contributed by atoms with Crippen LogP contribution in [0.15, 0.2) is 24.4 Å². The van der Waals surface area contributed by atoms with Gasteiger partial charge >= 0.3 is 0 Å². The van der Waals surface area contributed by atoms with Crippen LogP contribution in [0, 0.1) is 0 Å². The number of nitrogen functional groups attached to an aromatic ring is 1. The van der Waals surface area contributed by atoms with Crippen molar-refractivity contribution in [2.75, 3.05) is 12.3 Å². The highest BCUT2D eigenvalue weighted by atomic mass is 35.5. The van der Waals surface area contributed by atoms with Gasteiger partial charge in [0.2, 0.25) is 0 Å². The molecule has 7 nitrogen and oxygen atoms in total. The van der Waals surface area contributed by atoms with E-state index in [0.717, 1.165) is 37.4 Å². The number of nitrogens with zero attached hydrogens (tertiary/aromatic N) is 3. The number of halogens is 2. The van der Waals surface area contributed by atoms with Gasteiger partial charge in [-0.3, -0.25) is 9.48 Å². The molecule has 3 heterocycles. The maximum absolute atomic E-state index is 12.0. The number of nitrogens with one attached hydrogen (secondary N) is 2. The number of carbonyl (C=O) groups is 1. The van der Waals surface area contributed by atoms with E-state index < -0.39 is 0 Å². The van der Waals surface area contributed by atoms with Crippen LogP contribution < -0.4 is 16.4 Å². The lowest BCUT2D eigenvalue weighted by Gasteiger charge is -2.04. The molecule has 4 N–H and O–H groups in total. The van der Waals surface area contributed by atoms with Crippen molar-refractivity contribution in [3.8, 4) is 0 Å². The fourth-order valence-corrected chi connectivity index (χ4v) is 2.37. The van der Waals surface area contributed by atoms with Crippen LogP contribution in [-0.2, 0) is 19.6 Å². The molecule has 0 fully saturated rings. The molecule has 1 amide bonds. The van der Waals surface area contributed by atoms with Crippen molar-refractivity contribution >= 4 is 36.5 Å². The molecule has 1 aliphatic heterocycles. The van der Waals surface area contributed by atoms with E-state index in [-0.39, 0.29) is 30.7 Å². The van der Waals surface area contributed by atoms with Gasteiger partial charge in [-0.15, -0.1) is 24.8 Å². The minimum atomic E-state index is -0.176. The Morgan fingerprint density at radius 1 is 1.39 bits per heavy atom. The number of aromatic nitrogens is 3. The number of fused-ring (bicyclic) bond motifs is 1. The van der Waals surface area contributed by atoms with Crippen molar-refractivity contribution in [2.45, 2.75) is 26.1 Å². The van der Waals surface area contributed by atoms with Gasteiger partial charge in [-0.25, -0.2) is 4.98 Å². The first-order valence-corrected chi connectivity index (χ1v) is 6.98. The number of carbonyl (C=O) groups excluding carboxylic acids is 1. The van der Waals surface area contributed by atoms with Crippen molar-refractivity contribution in [1.29, 1.82) is 0 Å². The van der Waals surface area contributed by atoms with E-state index in [1.54, 1.807) is 12.1 Å².